The van der Waals surface area contributed by atoms with Crippen LogP contribution in [0.5, 0.6) is 5.75 Å². The van der Waals surface area contributed by atoms with Crippen LogP contribution in [0.1, 0.15) is 45.6 Å². The van der Waals surface area contributed by atoms with Gasteiger partial charge in [0.25, 0.3) is 5.91 Å². The van der Waals surface area contributed by atoms with Gasteiger partial charge < -0.3 is 4.74 Å². The molecule has 1 aliphatic heterocycles. The van der Waals surface area contributed by atoms with Gasteiger partial charge >= 0.3 is 0 Å². The number of nitrogens with one attached hydrogen (secondary N) is 2. The Balaban J connectivity index is 2.01. The predicted octanol–water partition coefficient (Wildman–Crippen LogP) is 3.05. The van der Waals surface area contributed by atoms with E-state index in [4.69, 9.17) is 4.74 Å². The molecule has 1 aromatic rings. The lowest BCUT2D eigenvalue weighted by Crippen LogP contribution is -2.38. The van der Waals surface area contributed by atoms with E-state index in [0.717, 1.165) is 29.9 Å². The third kappa shape index (κ3) is 4.08. The van der Waals surface area contributed by atoms with E-state index in [1.807, 2.05) is 44.2 Å². The fourth-order valence-corrected chi connectivity index (χ4v) is 2.25. The Bertz CT molecular complexity index is 518. The minimum Gasteiger partial charge on any atom is -0.494 e. The Morgan fingerprint density at radius 3 is 2.48 bits per heavy atom. The fraction of sp³-hybridized carbons (Fsp3) is 0.471. The van der Waals surface area contributed by atoms with Crippen molar-refractivity contribution in [3.8, 4) is 5.75 Å². The third-order valence-corrected chi connectivity index (χ3v) is 3.61. The number of hydrogen-bond donors (Lipinski definition) is 2. The van der Waals surface area contributed by atoms with Crippen LogP contribution in [-0.2, 0) is 4.79 Å². The molecule has 21 heavy (non-hydrogen) atoms. The second-order valence-electron chi connectivity index (χ2n) is 5.89. The zero-order valence-corrected chi connectivity index (χ0v) is 13.0. The summed E-state index contributed by atoms with van der Waals surface area (Å²) in [6, 6.07) is 7.85. The number of amides is 1. The number of ether oxygens (including phenoxy) is 1. The van der Waals surface area contributed by atoms with E-state index in [1.165, 1.54) is 12.8 Å². The van der Waals surface area contributed by atoms with Crippen molar-refractivity contribution in [2.24, 2.45) is 0 Å². The maximum atomic E-state index is 11.8. The quantitative estimate of drug-likeness (QED) is 0.625. The molecule has 114 valence electrons. The number of hydrogen-bond acceptors (Lipinski definition) is 3. The van der Waals surface area contributed by atoms with Gasteiger partial charge in [0.1, 0.15) is 5.75 Å². The number of unbranched alkanes of at least 4 members (excludes halogenated alkanes) is 2. The van der Waals surface area contributed by atoms with Crippen molar-refractivity contribution in [2.75, 3.05) is 6.61 Å². The van der Waals surface area contributed by atoms with E-state index in [-0.39, 0.29) is 11.4 Å². The van der Waals surface area contributed by atoms with Crippen LogP contribution >= 0.6 is 0 Å². The Morgan fingerprint density at radius 2 is 1.90 bits per heavy atom. The first-order chi connectivity index (χ1) is 10.0. The van der Waals surface area contributed by atoms with Gasteiger partial charge in [-0.05, 0) is 44.0 Å². The lowest BCUT2D eigenvalue weighted by molar-refractivity contribution is -0.116. The minimum absolute atomic E-state index is 0.0695. The normalized spacial score (nSPS) is 18.8. The molecule has 0 aromatic heterocycles. The molecule has 2 rings (SSSR count). The molecule has 4 heteroatoms. The zero-order chi connectivity index (χ0) is 15.3. The van der Waals surface area contributed by atoms with Gasteiger partial charge in [-0.25, -0.2) is 5.43 Å². The highest BCUT2D eigenvalue weighted by Gasteiger charge is 2.34. The Kier molecular flexibility index (Phi) is 5.02. The summed E-state index contributed by atoms with van der Waals surface area (Å²) in [5, 5.41) is 0. The molecule has 1 heterocycles. The van der Waals surface area contributed by atoms with E-state index < -0.39 is 0 Å². The van der Waals surface area contributed by atoms with Gasteiger partial charge in [-0.2, -0.15) is 0 Å². The molecular formula is C17H24N2O2. The molecule has 1 aliphatic rings. The Morgan fingerprint density at radius 1 is 1.19 bits per heavy atom. The zero-order valence-electron chi connectivity index (χ0n) is 13.0. The number of benzene rings is 1. The SMILES string of the molecule is CCCCCOc1ccc(/C=C2\C(=O)NNC2(C)C)cc1. The number of carbonyl (C=O) groups excluding carboxylic acids is 1. The molecule has 2 N–H and O–H groups in total. The molecule has 0 atom stereocenters. The molecule has 0 radical (unpaired) electrons. The first-order valence-corrected chi connectivity index (χ1v) is 7.55. The highest BCUT2D eigenvalue weighted by Crippen LogP contribution is 2.23. The molecular weight excluding hydrogens is 264 g/mol. The molecule has 1 amide bonds. The molecule has 0 saturated carbocycles. The summed E-state index contributed by atoms with van der Waals surface area (Å²) in [5.41, 5.74) is 7.00. The molecule has 0 unspecified atom stereocenters. The van der Waals surface area contributed by atoms with Gasteiger partial charge in [0.05, 0.1) is 12.1 Å². The van der Waals surface area contributed by atoms with Crippen molar-refractivity contribution in [3.63, 3.8) is 0 Å². The average molecular weight is 288 g/mol. The van der Waals surface area contributed by atoms with Gasteiger partial charge in [-0.1, -0.05) is 31.9 Å². The highest BCUT2D eigenvalue weighted by molar-refractivity contribution is 6.01. The topological polar surface area (TPSA) is 50.4 Å². The first-order valence-electron chi connectivity index (χ1n) is 7.55. The summed E-state index contributed by atoms with van der Waals surface area (Å²) in [6.07, 6.45) is 5.39. The summed E-state index contributed by atoms with van der Waals surface area (Å²) in [4.78, 5) is 11.8. The first kappa shape index (κ1) is 15.6. The van der Waals surface area contributed by atoms with Crippen LogP contribution in [0.3, 0.4) is 0 Å². The van der Waals surface area contributed by atoms with Crippen LogP contribution in [-0.4, -0.2) is 18.1 Å². The smallest absolute Gasteiger partial charge is 0.263 e. The second kappa shape index (κ2) is 6.76. The van der Waals surface area contributed by atoms with Crippen molar-refractivity contribution in [1.29, 1.82) is 0 Å². The number of rotatable bonds is 6. The maximum absolute atomic E-state index is 11.8. The Labute approximate surface area is 126 Å². The molecule has 1 fully saturated rings. The van der Waals surface area contributed by atoms with Crippen LogP contribution < -0.4 is 15.6 Å². The minimum atomic E-state index is -0.355. The van der Waals surface area contributed by atoms with Crippen molar-refractivity contribution in [1.82, 2.24) is 10.9 Å². The maximum Gasteiger partial charge on any atom is 0.263 e. The van der Waals surface area contributed by atoms with Gasteiger partial charge in [-0.3, -0.25) is 10.2 Å². The largest absolute Gasteiger partial charge is 0.494 e. The van der Waals surface area contributed by atoms with E-state index in [2.05, 4.69) is 17.8 Å². The highest BCUT2D eigenvalue weighted by atomic mass is 16.5. The lowest BCUT2D eigenvalue weighted by Gasteiger charge is -2.16. The van der Waals surface area contributed by atoms with E-state index in [0.29, 0.717) is 0 Å². The number of carbonyl (C=O) groups is 1. The van der Waals surface area contributed by atoms with E-state index >= 15 is 0 Å². The second-order valence-corrected chi connectivity index (χ2v) is 5.89. The third-order valence-electron chi connectivity index (χ3n) is 3.61. The molecule has 0 spiro atoms. The Hall–Kier alpha value is -1.81. The van der Waals surface area contributed by atoms with Crippen molar-refractivity contribution >= 4 is 12.0 Å². The molecule has 1 saturated heterocycles. The number of hydrazine groups is 1. The summed E-state index contributed by atoms with van der Waals surface area (Å²) in [5.74, 6) is 0.807. The molecule has 0 aliphatic carbocycles. The van der Waals surface area contributed by atoms with Crippen LogP contribution in [0, 0.1) is 0 Å². The van der Waals surface area contributed by atoms with Crippen LogP contribution in [0.4, 0.5) is 0 Å². The van der Waals surface area contributed by atoms with Gasteiger partial charge in [0.15, 0.2) is 0 Å². The predicted molar refractivity (Wildman–Crippen MR) is 84.8 cm³/mol. The summed E-state index contributed by atoms with van der Waals surface area (Å²) in [6.45, 7) is 6.88. The van der Waals surface area contributed by atoms with Crippen molar-refractivity contribution < 1.29 is 9.53 Å². The molecule has 0 bridgehead atoms. The summed E-state index contributed by atoms with van der Waals surface area (Å²) >= 11 is 0. The van der Waals surface area contributed by atoms with Crippen molar-refractivity contribution in [3.05, 3.63) is 35.4 Å². The van der Waals surface area contributed by atoms with Crippen LogP contribution in [0.15, 0.2) is 29.8 Å². The average Bonchev–Trinajstić information content (AvgIpc) is 2.72. The standard InChI is InChI=1S/C17H24N2O2/c1-4-5-6-11-21-14-9-7-13(8-10-14)12-15-16(20)18-19-17(15,2)3/h7-10,12,19H,4-6,11H2,1-3H3,(H,18,20)/b15-12+. The van der Waals surface area contributed by atoms with E-state index in [1.54, 1.807) is 0 Å². The molecule has 1 aromatic carbocycles. The lowest BCUT2D eigenvalue weighted by atomic mass is 9.94. The summed E-state index contributed by atoms with van der Waals surface area (Å²) in [7, 11) is 0. The summed E-state index contributed by atoms with van der Waals surface area (Å²) < 4.78 is 5.68. The fourth-order valence-electron chi connectivity index (χ4n) is 2.25. The van der Waals surface area contributed by atoms with Gasteiger partial charge in [0, 0.05) is 5.57 Å². The van der Waals surface area contributed by atoms with Crippen LogP contribution in [0.2, 0.25) is 0 Å². The van der Waals surface area contributed by atoms with Gasteiger partial charge in [-0.15, -0.1) is 0 Å². The monoisotopic (exact) mass is 288 g/mol. The molecule has 4 nitrogen and oxygen atoms in total. The van der Waals surface area contributed by atoms with Crippen LogP contribution in [0.25, 0.3) is 6.08 Å². The van der Waals surface area contributed by atoms with Gasteiger partial charge in [0.2, 0.25) is 0 Å². The van der Waals surface area contributed by atoms with Crippen molar-refractivity contribution in [2.45, 2.75) is 45.6 Å². The van der Waals surface area contributed by atoms with E-state index in [9.17, 15) is 4.79 Å².